The van der Waals surface area contributed by atoms with Gasteiger partial charge in [-0.2, -0.15) is 12.7 Å². The smallest absolute Gasteiger partial charge is 0.301 e. The number of carbonyl (C=O) groups excluding carboxylic acids is 5. The van der Waals surface area contributed by atoms with Crippen molar-refractivity contribution < 1.29 is 55.0 Å². The maximum absolute atomic E-state index is 15.7. The normalized spacial score (nSPS) is 18.2. The van der Waals surface area contributed by atoms with Gasteiger partial charge in [-0.3, -0.25) is 38.9 Å². The van der Waals surface area contributed by atoms with Gasteiger partial charge >= 0.3 is 10.2 Å². The predicted molar refractivity (Wildman–Crippen MR) is 208 cm³/mol. The number of unbranched alkanes of at least 4 members (excludes halogenated alkanes) is 1. The fourth-order valence-electron chi connectivity index (χ4n) is 7.30. The number of fused-ring (bicyclic) bond motifs is 2. The van der Waals surface area contributed by atoms with Crippen molar-refractivity contribution in [3.63, 3.8) is 0 Å². The van der Waals surface area contributed by atoms with E-state index in [-0.39, 0.29) is 53.5 Å². The summed E-state index contributed by atoms with van der Waals surface area (Å²) in [5, 5.41) is 2.44. The summed E-state index contributed by atoms with van der Waals surface area (Å²) in [7, 11) is -4.37. The molecular weight excluding hydrogens is 810 g/mol. The maximum Gasteiger partial charge on any atom is 0.301 e. The van der Waals surface area contributed by atoms with E-state index in [1.54, 1.807) is 42.6 Å². The van der Waals surface area contributed by atoms with Crippen LogP contribution in [-0.2, 0) is 19.8 Å². The first-order valence-electron chi connectivity index (χ1n) is 18.9. The molecule has 2 atom stereocenters. The Morgan fingerprint density at radius 2 is 1.60 bits per heavy atom. The Balaban J connectivity index is 0.855. The third-order valence-electron chi connectivity index (χ3n) is 10.4. The lowest BCUT2D eigenvalue weighted by Crippen LogP contribution is -2.54. The van der Waals surface area contributed by atoms with Crippen molar-refractivity contribution in [3.8, 4) is 22.6 Å². The number of nitrogens with zero attached hydrogens (tertiary/aromatic N) is 3. The number of pyridine rings is 1. The number of amides is 4. The average molecular weight is 845 g/mol. The van der Waals surface area contributed by atoms with Gasteiger partial charge in [-0.1, -0.05) is 12.1 Å². The van der Waals surface area contributed by atoms with Crippen LogP contribution < -0.4 is 19.5 Å². The van der Waals surface area contributed by atoms with E-state index in [1.807, 2.05) is 4.72 Å². The lowest BCUT2D eigenvalue weighted by molar-refractivity contribution is -0.136. The number of aromatic nitrogens is 2. The van der Waals surface area contributed by atoms with Gasteiger partial charge in [0.2, 0.25) is 17.6 Å². The molecule has 5 aromatic rings. The number of benzene rings is 3. The second-order valence-corrected chi connectivity index (χ2v) is 16.0. The molecule has 2 fully saturated rings. The Morgan fingerprint density at radius 1 is 0.883 bits per heavy atom. The van der Waals surface area contributed by atoms with Crippen molar-refractivity contribution in [2.24, 2.45) is 0 Å². The number of aromatic amines is 1. The second kappa shape index (κ2) is 16.2. The van der Waals surface area contributed by atoms with E-state index < -0.39 is 81.3 Å². The molecule has 1 unspecified atom stereocenters. The SMILES string of the molecule is O=C1CCC(N2C(=O)c3ccc(OCCCCOc4ccc(-c5cnc6[nH]cc(C(=O)c7c(F)ccc(NS(=O)(=O)N8CC[C@@H](F)C8)c7F)c6c5)cc4)cc3C2=O)C(=O)N1. The van der Waals surface area contributed by atoms with Crippen LogP contribution in [0, 0.1) is 11.6 Å². The first-order valence-corrected chi connectivity index (χ1v) is 20.4. The fourth-order valence-corrected chi connectivity index (χ4v) is 8.57. The van der Waals surface area contributed by atoms with Gasteiger partial charge < -0.3 is 14.5 Å². The average Bonchev–Trinajstić information content (AvgIpc) is 3.93. The quantitative estimate of drug-likeness (QED) is 0.0771. The Labute approximate surface area is 340 Å². The van der Waals surface area contributed by atoms with Crippen LogP contribution >= 0.6 is 0 Å². The highest BCUT2D eigenvalue weighted by Gasteiger charge is 2.44. The van der Waals surface area contributed by atoms with Crippen molar-refractivity contribution in [2.45, 2.75) is 44.3 Å². The van der Waals surface area contributed by atoms with Crippen LogP contribution in [0.5, 0.6) is 11.5 Å². The van der Waals surface area contributed by atoms with Gasteiger partial charge in [0, 0.05) is 48.4 Å². The summed E-state index contributed by atoms with van der Waals surface area (Å²) in [4.78, 5) is 71.5. The summed E-state index contributed by atoms with van der Waals surface area (Å²) in [6.07, 6.45) is 2.75. The highest BCUT2D eigenvalue weighted by molar-refractivity contribution is 7.90. The van der Waals surface area contributed by atoms with Gasteiger partial charge in [-0.05, 0) is 79.8 Å². The van der Waals surface area contributed by atoms with E-state index in [9.17, 15) is 36.8 Å². The standard InChI is InChI=1S/C41H35F3N6O9S/c42-24-13-14-49(21-24)60(56,57)48-32-10-9-31(43)35(36(32)44)37(52)30-20-46-38-28(30)17-23(19-45-38)22-3-5-25(6-4-22)58-15-1-2-16-59-26-7-8-27-29(18-26)41(55)50(40(27)54)33-11-12-34(51)47-39(33)53/h3-10,17-20,24,33,48H,1-2,11-16,21H2,(H,45,46)(H,47,51,53)/t24-,33?/m1/s1. The lowest BCUT2D eigenvalue weighted by atomic mass is 10.00. The van der Waals surface area contributed by atoms with E-state index in [4.69, 9.17) is 9.47 Å². The zero-order chi connectivity index (χ0) is 42.3. The van der Waals surface area contributed by atoms with Crippen molar-refractivity contribution >= 4 is 56.3 Å². The molecule has 0 spiro atoms. The number of carbonyl (C=O) groups is 5. The minimum atomic E-state index is -4.37. The van der Waals surface area contributed by atoms with Crippen LogP contribution in [0.25, 0.3) is 22.2 Å². The molecule has 310 valence electrons. The number of hydrogen-bond acceptors (Lipinski definition) is 10. The van der Waals surface area contributed by atoms with E-state index in [0.29, 0.717) is 48.7 Å². The largest absolute Gasteiger partial charge is 0.494 e. The van der Waals surface area contributed by atoms with E-state index in [2.05, 4.69) is 15.3 Å². The minimum Gasteiger partial charge on any atom is -0.494 e. The van der Waals surface area contributed by atoms with Gasteiger partial charge in [0.15, 0.2) is 5.82 Å². The summed E-state index contributed by atoms with van der Waals surface area (Å²) in [6.45, 7) is 0.131. The van der Waals surface area contributed by atoms with Crippen LogP contribution in [0.2, 0.25) is 0 Å². The summed E-state index contributed by atoms with van der Waals surface area (Å²) < 4.78 is 84.3. The third kappa shape index (κ3) is 7.80. The molecule has 15 nitrogen and oxygen atoms in total. The molecular formula is C41H35F3N6O9S. The molecule has 60 heavy (non-hydrogen) atoms. The molecule has 0 bridgehead atoms. The van der Waals surface area contributed by atoms with Crippen molar-refractivity contribution in [2.75, 3.05) is 31.0 Å². The Kier molecular flexibility index (Phi) is 10.9. The molecule has 0 radical (unpaired) electrons. The fraction of sp³-hybridized carbons (Fsp3) is 0.268. The molecule has 0 aliphatic carbocycles. The van der Waals surface area contributed by atoms with E-state index >= 15 is 8.78 Å². The number of nitrogens with one attached hydrogen (secondary N) is 3. The number of piperidine rings is 1. The number of anilines is 1. The van der Waals surface area contributed by atoms with Crippen LogP contribution in [-0.4, -0.2) is 95.5 Å². The number of halogens is 3. The molecule has 2 saturated heterocycles. The Bertz CT molecular complexity index is 2690. The number of hydrogen-bond donors (Lipinski definition) is 3. The van der Waals surface area contributed by atoms with Crippen LogP contribution in [0.15, 0.2) is 73.1 Å². The number of rotatable bonds is 14. The second-order valence-electron chi connectivity index (χ2n) is 14.4. The van der Waals surface area contributed by atoms with Gasteiger partial charge in [-0.15, -0.1) is 0 Å². The molecule has 3 N–H and O–H groups in total. The van der Waals surface area contributed by atoms with Gasteiger partial charge in [0.1, 0.15) is 35.2 Å². The van der Waals surface area contributed by atoms with E-state index in [0.717, 1.165) is 21.3 Å². The molecule has 2 aromatic heterocycles. The summed E-state index contributed by atoms with van der Waals surface area (Å²) in [6, 6.07) is 13.8. The predicted octanol–water partition coefficient (Wildman–Crippen LogP) is 5.08. The molecule has 8 rings (SSSR count). The Hall–Kier alpha value is -6.60. The monoisotopic (exact) mass is 844 g/mol. The highest BCUT2D eigenvalue weighted by atomic mass is 32.2. The lowest BCUT2D eigenvalue weighted by Gasteiger charge is -2.27. The van der Waals surface area contributed by atoms with E-state index in [1.165, 1.54) is 18.3 Å². The van der Waals surface area contributed by atoms with Crippen LogP contribution in [0.3, 0.4) is 0 Å². The summed E-state index contributed by atoms with van der Waals surface area (Å²) in [5.41, 5.74) is 0.108. The maximum atomic E-state index is 15.7. The minimum absolute atomic E-state index is 0.0146. The molecule has 3 aliphatic rings. The van der Waals surface area contributed by atoms with Crippen molar-refractivity contribution in [3.05, 3.63) is 107 Å². The van der Waals surface area contributed by atoms with Crippen molar-refractivity contribution in [1.82, 2.24) is 24.5 Å². The number of ketones is 1. The summed E-state index contributed by atoms with van der Waals surface area (Å²) >= 11 is 0. The first-order chi connectivity index (χ1) is 28.8. The van der Waals surface area contributed by atoms with Gasteiger partial charge in [0.05, 0.1) is 35.6 Å². The Morgan fingerprint density at radius 3 is 2.32 bits per heavy atom. The molecule has 0 saturated carbocycles. The molecule has 3 aromatic carbocycles. The summed E-state index contributed by atoms with van der Waals surface area (Å²) in [5.74, 6) is -5.07. The van der Waals surface area contributed by atoms with Gasteiger partial charge in [0.25, 0.3) is 11.8 Å². The number of H-pyrrole nitrogens is 1. The zero-order valence-corrected chi connectivity index (χ0v) is 32.3. The van der Waals surface area contributed by atoms with Gasteiger partial charge in [-0.25, -0.2) is 18.2 Å². The first kappa shape index (κ1) is 40.2. The number of ether oxygens (including phenoxy) is 2. The topological polar surface area (TPSA) is 197 Å². The highest BCUT2D eigenvalue weighted by Crippen LogP contribution is 2.33. The molecule has 5 heterocycles. The third-order valence-corrected chi connectivity index (χ3v) is 11.9. The van der Waals surface area contributed by atoms with Crippen LogP contribution in [0.4, 0.5) is 18.9 Å². The van der Waals surface area contributed by atoms with Crippen molar-refractivity contribution in [1.29, 1.82) is 0 Å². The van der Waals surface area contributed by atoms with Crippen LogP contribution in [0.1, 0.15) is 68.7 Å². The molecule has 19 heteroatoms. The number of imide groups is 2. The molecule has 3 aliphatic heterocycles. The molecule has 4 amide bonds. The zero-order valence-electron chi connectivity index (χ0n) is 31.5. The number of alkyl halides is 1.